The standard InChI is InChI=1S/C6H9NO4/c8-3-1-2-5(9)7-4-6(10)11/h1-2,8H,3-4H2,(H,7,9)(H,10,11)/b2-1+. The van der Waals surface area contributed by atoms with Crippen molar-refractivity contribution in [3.05, 3.63) is 12.2 Å². The highest BCUT2D eigenvalue weighted by molar-refractivity contribution is 5.89. The molecule has 0 spiro atoms. The van der Waals surface area contributed by atoms with Crippen molar-refractivity contribution in [2.45, 2.75) is 0 Å². The number of aliphatic hydroxyl groups is 1. The van der Waals surface area contributed by atoms with Crippen molar-refractivity contribution in [3.8, 4) is 0 Å². The first kappa shape index (κ1) is 9.64. The molecule has 5 nitrogen and oxygen atoms in total. The van der Waals surface area contributed by atoms with Crippen LogP contribution in [0.4, 0.5) is 0 Å². The first-order valence-electron chi connectivity index (χ1n) is 2.94. The summed E-state index contributed by atoms with van der Waals surface area (Å²) in [6.45, 7) is -0.644. The summed E-state index contributed by atoms with van der Waals surface area (Å²) in [6.07, 6.45) is 2.29. The molecular weight excluding hydrogens is 150 g/mol. The van der Waals surface area contributed by atoms with E-state index in [9.17, 15) is 9.59 Å². The lowest BCUT2D eigenvalue weighted by Gasteiger charge is -1.94. The average molecular weight is 159 g/mol. The molecule has 62 valence electrons. The Morgan fingerprint density at radius 2 is 2.09 bits per heavy atom. The lowest BCUT2D eigenvalue weighted by atomic mass is 10.4. The molecule has 0 aromatic carbocycles. The zero-order valence-corrected chi connectivity index (χ0v) is 5.78. The van der Waals surface area contributed by atoms with Crippen LogP contribution in [0.2, 0.25) is 0 Å². The Balaban J connectivity index is 3.53. The van der Waals surface area contributed by atoms with E-state index in [2.05, 4.69) is 5.32 Å². The Bertz CT molecular complexity index is 175. The predicted molar refractivity (Wildman–Crippen MR) is 36.9 cm³/mol. The van der Waals surface area contributed by atoms with Gasteiger partial charge in [-0.2, -0.15) is 0 Å². The minimum absolute atomic E-state index is 0.236. The van der Waals surface area contributed by atoms with Gasteiger partial charge in [0.2, 0.25) is 5.91 Å². The van der Waals surface area contributed by atoms with Crippen LogP contribution in [0.1, 0.15) is 0 Å². The third-order valence-electron chi connectivity index (χ3n) is 0.788. The van der Waals surface area contributed by atoms with Gasteiger partial charge in [0, 0.05) is 6.08 Å². The smallest absolute Gasteiger partial charge is 0.322 e. The molecule has 5 heteroatoms. The second-order valence-corrected chi connectivity index (χ2v) is 1.70. The van der Waals surface area contributed by atoms with Crippen molar-refractivity contribution in [2.24, 2.45) is 0 Å². The molecule has 0 saturated carbocycles. The van der Waals surface area contributed by atoms with Crippen LogP contribution in [0, 0.1) is 0 Å². The minimum Gasteiger partial charge on any atom is -0.480 e. The molecule has 0 aliphatic rings. The molecule has 0 atom stereocenters. The second kappa shape index (κ2) is 5.43. The quantitative estimate of drug-likeness (QED) is 0.446. The third kappa shape index (κ3) is 6.53. The Morgan fingerprint density at radius 3 is 2.55 bits per heavy atom. The number of rotatable bonds is 4. The van der Waals surface area contributed by atoms with Crippen LogP contribution in [0.3, 0.4) is 0 Å². The zero-order valence-electron chi connectivity index (χ0n) is 5.78. The molecule has 0 unspecified atom stereocenters. The summed E-state index contributed by atoms with van der Waals surface area (Å²) in [4.78, 5) is 20.4. The van der Waals surface area contributed by atoms with Crippen LogP contribution < -0.4 is 5.32 Å². The normalized spacial score (nSPS) is 9.91. The van der Waals surface area contributed by atoms with Gasteiger partial charge in [-0.3, -0.25) is 9.59 Å². The van der Waals surface area contributed by atoms with Gasteiger partial charge in [-0.05, 0) is 0 Å². The lowest BCUT2D eigenvalue weighted by molar-refractivity contribution is -0.137. The number of carboxylic acids is 1. The maximum absolute atomic E-state index is 10.5. The Labute approximate surface area is 63.3 Å². The Hall–Kier alpha value is -1.36. The maximum Gasteiger partial charge on any atom is 0.322 e. The van der Waals surface area contributed by atoms with E-state index < -0.39 is 18.4 Å². The van der Waals surface area contributed by atoms with Gasteiger partial charge in [0.25, 0.3) is 0 Å². The van der Waals surface area contributed by atoms with Crippen molar-refractivity contribution in [2.75, 3.05) is 13.2 Å². The molecule has 0 radical (unpaired) electrons. The topological polar surface area (TPSA) is 86.6 Å². The monoisotopic (exact) mass is 159 g/mol. The lowest BCUT2D eigenvalue weighted by Crippen LogP contribution is -2.27. The number of carboxylic acid groups (broad SMARTS) is 1. The Kier molecular flexibility index (Phi) is 4.76. The van der Waals surface area contributed by atoms with Crippen LogP contribution in [0.5, 0.6) is 0 Å². The highest BCUT2D eigenvalue weighted by Crippen LogP contribution is 1.71. The summed E-state index contributed by atoms with van der Waals surface area (Å²) in [5.74, 6) is -1.63. The summed E-state index contributed by atoms with van der Waals surface area (Å²) in [5.41, 5.74) is 0. The van der Waals surface area contributed by atoms with Gasteiger partial charge in [-0.1, -0.05) is 6.08 Å². The fourth-order valence-electron chi connectivity index (χ4n) is 0.381. The van der Waals surface area contributed by atoms with Gasteiger partial charge in [-0.25, -0.2) is 0 Å². The van der Waals surface area contributed by atoms with Gasteiger partial charge in [0.15, 0.2) is 0 Å². The number of carbonyl (C=O) groups excluding carboxylic acids is 1. The van der Waals surface area contributed by atoms with Gasteiger partial charge in [0.05, 0.1) is 6.61 Å². The van der Waals surface area contributed by atoms with Crippen molar-refractivity contribution in [1.29, 1.82) is 0 Å². The molecule has 3 N–H and O–H groups in total. The molecule has 0 aliphatic carbocycles. The average Bonchev–Trinajstić information content (AvgIpc) is 1.97. The zero-order chi connectivity index (χ0) is 8.69. The Morgan fingerprint density at radius 1 is 1.45 bits per heavy atom. The van der Waals surface area contributed by atoms with Crippen molar-refractivity contribution in [1.82, 2.24) is 5.32 Å². The van der Waals surface area contributed by atoms with Crippen molar-refractivity contribution in [3.63, 3.8) is 0 Å². The van der Waals surface area contributed by atoms with E-state index in [1.54, 1.807) is 0 Å². The molecule has 0 saturated heterocycles. The number of nitrogens with one attached hydrogen (secondary N) is 1. The van der Waals surface area contributed by atoms with Crippen LogP contribution in [-0.2, 0) is 9.59 Å². The molecule has 0 heterocycles. The summed E-state index contributed by atoms with van der Waals surface area (Å²) < 4.78 is 0. The molecule has 0 aromatic rings. The van der Waals surface area contributed by atoms with Crippen LogP contribution in [0.15, 0.2) is 12.2 Å². The van der Waals surface area contributed by atoms with Gasteiger partial charge < -0.3 is 15.5 Å². The third-order valence-corrected chi connectivity index (χ3v) is 0.788. The summed E-state index contributed by atoms with van der Waals surface area (Å²) in [6, 6.07) is 0. The van der Waals surface area contributed by atoms with Crippen LogP contribution in [-0.4, -0.2) is 35.2 Å². The molecule has 0 rings (SSSR count). The van der Waals surface area contributed by atoms with E-state index in [0.29, 0.717) is 0 Å². The summed E-state index contributed by atoms with van der Waals surface area (Å²) in [5, 5.41) is 18.4. The fourth-order valence-corrected chi connectivity index (χ4v) is 0.381. The predicted octanol–water partition coefficient (Wildman–Crippen LogP) is -1.26. The molecular formula is C6H9NO4. The van der Waals surface area contributed by atoms with E-state index in [1.807, 2.05) is 0 Å². The molecule has 0 aliphatic heterocycles. The number of aliphatic carboxylic acids is 1. The van der Waals surface area contributed by atoms with Crippen LogP contribution in [0.25, 0.3) is 0 Å². The number of hydrogen-bond acceptors (Lipinski definition) is 3. The first-order valence-corrected chi connectivity index (χ1v) is 2.94. The SMILES string of the molecule is O=C(O)CNC(=O)/C=C/CO. The second-order valence-electron chi connectivity index (χ2n) is 1.70. The highest BCUT2D eigenvalue weighted by atomic mass is 16.4. The van der Waals surface area contributed by atoms with Gasteiger partial charge in [-0.15, -0.1) is 0 Å². The number of hydrogen-bond donors (Lipinski definition) is 3. The van der Waals surface area contributed by atoms with E-state index in [1.165, 1.54) is 6.08 Å². The van der Waals surface area contributed by atoms with E-state index in [-0.39, 0.29) is 6.61 Å². The molecule has 0 fully saturated rings. The molecule has 11 heavy (non-hydrogen) atoms. The summed E-state index contributed by atoms with van der Waals surface area (Å²) >= 11 is 0. The number of carbonyl (C=O) groups is 2. The molecule has 0 aromatic heterocycles. The van der Waals surface area contributed by atoms with Gasteiger partial charge >= 0.3 is 5.97 Å². The molecule has 0 bridgehead atoms. The number of amides is 1. The van der Waals surface area contributed by atoms with E-state index in [4.69, 9.17) is 10.2 Å². The fraction of sp³-hybridized carbons (Fsp3) is 0.333. The largest absolute Gasteiger partial charge is 0.480 e. The maximum atomic E-state index is 10.5. The highest BCUT2D eigenvalue weighted by Gasteiger charge is 1.97. The van der Waals surface area contributed by atoms with Gasteiger partial charge in [0.1, 0.15) is 6.54 Å². The van der Waals surface area contributed by atoms with Crippen molar-refractivity contribution >= 4 is 11.9 Å². The van der Waals surface area contributed by atoms with E-state index >= 15 is 0 Å². The van der Waals surface area contributed by atoms with E-state index in [0.717, 1.165) is 6.08 Å². The van der Waals surface area contributed by atoms with Crippen LogP contribution >= 0.6 is 0 Å². The first-order chi connectivity index (χ1) is 5.16. The number of aliphatic hydroxyl groups excluding tert-OH is 1. The minimum atomic E-state index is -1.10. The van der Waals surface area contributed by atoms with Crippen molar-refractivity contribution < 1.29 is 19.8 Å². The molecule has 1 amide bonds. The summed E-state index contributed by atoms with van der Waals surface area (Å²) in [7, 11) is 0.